The number of carbonyl (C=O) groups is 2. The van der Waals surface area contributed by atoms with E-state index in [4.69, 9.17) is 4.74 Å². The van der Waals surface area contributed by atoms with E-state index in [-0.39, 0.29) is 22.8 Å². The summed E-state index contributed by atoms with van der Waals surface area (Å²) in [6.07, 6.45) is -0.354. The number of amides is 3. The number of fused-ring (bicyclic) bond motifs is 1. The number of H-pyrrole nitrogens is 1. The van der Waals surface area contributed by atoms with E-state index in [1.807, 2.05) is 0 Å². The maximum Gasteiger partial charge on any atom is 0.417 e. The molecule has 0 spiro atoms. The molecule has 4 aromatic rings. The Morgan fingerprint density at radius 3 is 2.53 bits per heavy atom. The number of nitrogens with one attached hydrogen (secondary N) is 1. The molecule has 1 aliphatic rings. The van der Waals surface area contributed by atoms with Gasteiger partial charge in [0.25, 0.3) is 11.5 Å². The van der Waals surface area contributed by atoms with Gasteiger partial charge in [0.05, 0.1) is 29.3 Å². The molecule has 0 atom stereocenters. The Bertz CT molecular complexity index is 1590. The first-order chi connectivity index (χ1) is 17.1. The van der Waals surface area contributed by atoms with E-state index >= 15 is 0 Å². The average molecular weight is 496 g/mol. The Hall–Kier alpha value is -4.81. The lowest BCUT2D eigenvalue weighted by atomic mass is 10.2. The molecule has 0 saturated carbocycles. The third-order valence-electron chi connectivity index (χ3n) is 5.41. The highest BCUT2D eigenvalue weighted by molar-refractivity contribution is 6.27. The number of pyridine rings is 2. The molecular weight excluding hydrogens is 481 g/mol. The number of nitrogens with zero attached hydrogens (tertiary/aromatic N) is 5. The fourth-order valence-corrected chi connectivity index (χ4v) is 3.70. The lowest BCUT2D eigenvalue weighted by Crippen LogP contribution is -2.33. The van der Waals surface area contributed by atoms with E-state index in [2.05, 4.69) is 19.9 Å². The number of ether oxygens (including phenoxy) is 1. The number of hydrogen-bond donors (Lipinski definition) is 1. The lowest BCUT2D eigenvalue weighted by molar-refractivity contribution is -0.137. The number of urea groups is 1. The molecule has 0 unspecified atom stereocenters. The number of halogens is 3. The van der Waals surface area contributed by atoms with Gasteiger partial charge in [-0.25, -0.2) is 19.7 Å². The maximum absolute atomic E-state index is 13.1. The summed E-state index contributed by atoms with van der Waals surface area (Å²) in [5, 5.41) is 0. The topological polar surface area (TPSA) is 121 Å². The fourth-order valence-electron chi connectivity index (χ4n) is 3.70. The van der Waals surface area contributed by atoms with Gasteiger partial charge in [0.1, 0.15) is 17.8 Å². The minimum Gasteiger partial charge on any atom is -0.455 e. The Kier molecular flexibility index (Phi) is 5.39. The van der Waals surface area contributed by atoms with Crippen molar-refractivity contribution in [3.05, 3.63) is 76.6 Å². The number of rotatable bonds is 4. The largest absolute Gasteiger partial charge is 0.455 e. The summed E-state index contributed by atoms with van der Waals surface area (Å²) in [7, 11) is 0. The minimum atomic E-state index is -4.65. The van der Waals surface area contributed by atoms with Crippen molar-refractivity contribution in [3.8, 4) is 11.5 Å². The van der Waals surface area contributed by atoms with Crippen molar-refractivity contribution in [1.29, 1.82) is 0 Å². The Morgan fingerprint density at radius 1 is 0.972 bits per heavy atom. The van der Waals surface area contributed by atoms with Gasteiger partial charge >= 0.3 is 12.2 Å². The molecule has 3 amide bonds. The second-order valence-electron chi connectivity index (χ2n) is 7.83. The van der Waals surface area contributed by atoms with Crippen molar-refractivity contribution in [2.75, 3.05) is 16.3 Å². The first kappa shape index (κ1) is 23.0. The van der Waals surface area contributed by atoms with Gasteiger partial charge in [-0.05, 0) is 36.8 Å². The Labute approximate surface area is 200 Å². The average Bonchev–Trinajstić information content (AvgIpc) is 3.14. The highest BCUT2D eigenvalue weighted by Crippen LogP contribution is 2.35. The number of aromatic nitrogens is 4. The molecule has 1 saturated heterocycles. The van der Waals surface area contributed by atoms with E-state index < -0.39 is 35.8 Å². The van der Waals surface area contributed by atoms with Gasteiger partial charge in [0.15, 0.2) is 11.4 Å². The highest BCUT2D eigenvalue weighted by Gasteiger charge is 2.39. The number of carbonyl (C=O) groups excluding carboxylic acids is 2. The van der Waals surface area contributed by atoms with Crippen LogP contribution >= 0.6 is 0 Å². The lowest BCUT2D eigenvalue weighted by Gasteiger charge is -2.19. The molecule has 0 radical (unpaired) electrons. The third-order valence-corrected chi connectivity index (χ3v) is 5.41. The standard InChI is InChI=1S/C23H15F3N6O4/c1-12-6-14(2-3-16(12)36-17-4-5-28-21-20(17)30-18(33)10-29-21)32-19(34)11-31(22(32)35)15-7-13(8-27-9-15)23(24,25)26/h2-10H,11H2,1H3,(H,30,33). The fraction of sp³-hybridized carbons (Fsp3) is 0.130. The summed E-state index contributed by atoms with van der Waals surface area (Å²) in [6, 6.07) is 6.03. The predicted octanol–water partition coefficient (Wildman–Crippen LogP) is 3.81. The summed E-state index contributed by atoms with van der Waals surface area (Å²) < 4.78 is 45.1. The molecule has 182 valence electrons. The first-order valence-corrected chi connectivity index (χ1v) is 10.4. The zero-order chi connectivity index (χ0) is 25.6. The van der Waals surface area contributed by atoms with Crippen molar-refractivity contribution in [3.63, 3.8) is 0 Å². The van der Waals surface area contributed by atoms with Crippen molar-refractivity contribution in [1.82, 2.24) is 19.9 Å². The van der Waals surface area contributed by atoms with Gasteiger partial charge in [-0.1, -0.05) is 0 Å². The summed E-state index contributed by atoms with van der Waals surface area (Å²) in [5.74, 6) is 0.0424. The molecule has 1 aromatic carbocycles. The van der Waals surface area contributed by atoms with Crippen LogP contribution in [0.15, 0.2) is 59.9 Å². The van der Waals surface area contributed by atoms with Crippen LogP contribution in [0.25, 0.3) is 11.2 Å². The van der Waals surface area contributed by atoms with Crippen LogP contribution in [0.5, 0.6) is 11.5 Å². The van der Waals surface area contributed by atoms with Gasteiger partial charge in [-0.3, -0.25) is 19.5 Å². The molecule has 3 aromatic heterocycles. The van der Waals surface area contributed by atoms with Crippen LogP contribution in [-0.2, 0) is 11.0 Å². The summed E-state index contributed by atoms with van der Waals surface area (Å²) >= 11 is 0. The van der Waals surface area contributed by atoms with Gasteiger partial charge in [0.2, 0.25) is 0 Å². The molecule has 0 aliphatic carbocycles. The Morgan fingerprint density at radius 2 is 1.78 bits per heavy atom. The van der Waals surface area contributed by atoms with Gasteiger partial charge < -0.3 is 9.72 Å². The van der Waals surface area contributed by atoms with Gasteiger partial charge in [0, 0.05) is 18.5 Å². The summed E-state index contributed by atoms with van der Waals surface area (Å²) in [4.78, 5) is 53.3. The second kappa shape index (κ2) is 8.45. The van der Waals surface area contributed by atoms with Crippen molar-refractivity contribution in [2.45, 2.75) is 13.1 Å². The number of benzene rings is 1. The molecule has 1 N–H and O–H groups in total. The molecular formula is C23H15F3N6O4. The van der Waals surface area contributed by atoms with Crippen LogP contribution in [0.1, 0.15) is 11.1 Å². The van der Waals surface area contributed by atoms with Crippen LogP contribution in [0.3, 0.4) is 0 Å². The van der Waals surface area contributed by atoms with Crippen LogP contribution in [0.4, 0.5) is 29.3 Å². The molecule has 10 nitrogen and oxygen atoms in total. The predicted molar refractivity (Wildman–Crippen MR) is 121 cm³/mol. The maximum atomic E-state index is 13.1. The quantitative estimate of drug-likeness (QED) is 0.427. The van der Waals surface area contributed by atoms with Crippen LogP contribution in [0, 0.1) is 6.92 Å². The molecule has 5 rings (SSSR count). The second-order valence-corrected chi connectivity index (χ2v) is 7.83. The van der Waals surface area contributed by atoms with Gasteiger partial charge in [-0.15, -0.1) is 0 Å². The monoisotopic (exact) mass is 496 g/mol. The van der Waals surface area contributed by atoms with E-state index in [0.29, 0.717) is 23.0 Å². The molecule has 4 heterocycles. The zero-order valence-electron chi connectivity index (χ0n) is 18.4. The van der Waals surface area contributed by atoms with Crippen LogP contribution < -0.4 is 20.1 Å². The smallest absolute Gasteiger partial charge is 0.417 e. The Balaban J connectivity index is 1.42. The van der Waals surface area contributed by atoms with E-state index in [1.165, 1.54) is 24.4 Å². The number of aryl methyl sites for hydroxylation is 1. The number of alkyl halides is 3. The SMILES string of the molecule is Cc1cc(N2C(=O)CN(c3cncc(C(F)(F)F)c3)C2=O)ccc1Oc1ccnc2ncc(=O)[nH]c12. The summed E-state index contributed by atoms with van der Waals surface area (Å²) in [6.45, 7) is 1.24. The number of hydrogen-bond acceptors (Lipinski definition) is 7. The van der Waals surface area contributed by atoms with Gasteiger partial charge in [-0.2, -0.15) is 13.2 Å². The summed E-state index contributed by atoms with van der Waals surface area (Å²) in [5.41, 5.74) is -0.275. The van der Waals surface area contributed by atoms with E-state index in [0.717, 1.165) is 28.3 Å². The molecule has 0 bridgehead atoms. The highest BCUT2D eigenvalue weighted by atomic mass is 19.4. The number of anilines is 2. The molecule has 36 heavy (non-hydrogen) atoms. The first-order valence-electron chi connectivity index (χ1n) is 10.4. The zero-order valence-corrected chi connectivity index (χ0v) is 18.4. The van der Waals surface area contributed by atoms with Crippen molar-refractivity contribution >= 4 is 34.5 Å². The third kappa shape index (κ3) is 4.10. The van der Waals surface area contributed by atoms with E-state index in [1.54, 1.807) is 13.0 Å². The molecule has 13 heteroatoms. The molecule has 1 fully saturated rings. The van der Waals surface area contributed by atoms with Crippen LogP contribution in [-0.4, -0.2) is 38.4 Å². The normalized spacial score (nSPS) is 14.1. The number of aromatic amines is 1. The van der Waals surface area contributed by atoms with Crippen LogP contribution in [0.2, 0.25) is 0 Å². The minimum absolute atomic E-state index is 0.144. The molecule has 1 aliphatic heterocycles. The van der Waals surface area contributed by atoms with E-state index in [9.17, 15) is 27.6 Å². The van der Waals surface area contributed by atoms with Crippen molar-refractivity contribution < 1.29 is 27.5 Å². The van der Waals surface area contributed by atoms with Crippen molar-refractivity contribution in [2.24, 2.45) is 0 Å². The number of imide groups is 1.